The fraction of sp³-hybridized carbons (Fsp3) is 0.308. The molecule has 19 heavy (non-hydrogen) atoms. The maximum Gasteiger partial charge on any atom is 0.314 e. The number of benzene rings is 1. The molecule has 0 atom stereocenters. The van der Waals surface area contributed by atoms with Crippen LogP contribution in [0.25, 0.3) is 0 Å². The van der Waals surface area contributed by atoms with E-state index in [1.165, 1.54) is 11.1 Å². The Morgan fingerprint density at radius 2 is 2.00 bits per heavy atom. The van der Waals surface area contributed by atoms with E-state index in [0.29, 0.717) is 17.5 Å². The van der Waals surface area contributed by atoms with Crippen molar-refractivity contribution in [3.05, 3.63) is 40.7 Å². The van der Waals surface area contributed by atoms with Gasteiger partial charge in [0.25, 0.3) is 5.22 Å². The summed E-state index contributed by atoms with van der Waals surface area (Å²) in [5.41, 5.74) is 3.51. The highest BCUT2D eigenvalue weighted by Gasteiger charge is 2.09. The smallest absolute Gasteiger partial charge is 0.314 e. The predicted molar refractivity (Wildman–Crippen MR) is 71.4 cm³/mol. The number of aryl methyl sites for hydroxylation is 2. The van der Waals surface area contributed by atoms with Crippen LogP contribution in [-0.4, -0.2) is 27.0 Å². The van der Waals surface area contributed by atoms with Gasteiger partial charge in [-0.15, -0.1) is 0 Å². The van der Waals surface area contributed by atoms with Crippen molar-refractivity contribution >= 4 is 17.7 Å². The van der Waals surface area contributed by atoms with Crippen LogP contribution in [0.4, 0.5) is 0 Å². The summed E-state index contributed by atoms with van der Waals surface area (Å²) in [6, 6.07) is 6.26. The van der Waals surface area contributed by atoms with E-state index in [0.717, 1.165) is 17.3 Å². The number of hydrogen-bond donors (Lipinski definition) is 1. The summed E-state index contributed by atoms with van der Waals surface area (Å²) < 4.78 is 4.99. The molecule has 0 aliphatic rings. The van der Waals surface area contributed by atoms with Crippen molar-refractivity contribution in [3.63, 3.8) is 0 Å². The quantitative estimate of drug-likeness (QED) is 0.847. The van der Waals surface area contributed by atoms with Gasteiger partial charge in [-0.05, 0) is 19.4 Å². The van der Waals surface area contributed by atoms with Crippen LogP contribution >= 0.6 is 11.8 Å². The molecule has 0 fully saturated rings. The number of hydrogen-bond acceptors (Lipinski definition) is 5. The fourth-order valence-electron chi connectivity index (χ4n) is 1.85. The van der Waals surface area contributed by atoms with E-state index in [9.17, 15) is 4.79 Å². The number of aromatic nitrogens is 2. The molecule has 5 nitrogen and oxygen atoms in total. The molecular formula is C13H14N2O3S. The lowest BCUT2D eigenvalue weighted by molar-refractivity contribution is -0.133. The van der Waals surface area contributed by atoms with E-state index in [2.05, 4.69) is 28.3 Å². The molecule has 1 aromatic carbocycles. The second kappa shape index (κ2) is 5.88. The molecule has 6 heteroatoms. The third kappa shape index (κ3) is 4.10. The molecule has 0 amide bonds. The van der Waals surface area contributed by atoms with Crippen LogP contribution in [0.5, 0.6) is 0 Å². The summed E-state index contributed by atoms with van der Waals surface area (Å²) in [5, 5.41) is 12.7. The summed E-state index contributed by atoms with van der Waals surface area (Å²) in [4.78, 5) is 14.6. The number of thioether (sulfide) groups is 1. The molecule has 1 N–H and O–H groups in total. The van der Waals surface area contributed by atoms with E-state index < -0.39 is 5.97 Å². The van der Waals surface area contributed by atoms with Gasteiger partial charge in [-0.3, -0.25) is 4.79 Å². The van der Waals surface area contributed by atoms with Crippen molar-refractivity contribution in [2.45, 2.75) is 25.5 Å². The Hall–Kier alpha value is -1.82. The molecule has 0 unspecified atom stereocenters. The Labute approximate surface area is 115 Å². The predicted octanol–water partition coefficient (Wildman–Crippen LogP) is 2.45. The minimum absolute atomic E-state index is 0.0782. The Bertz CT molecular complexity index is 575. The molecule has 0 aliphatic carbocycles. The van der Waals surface area contributed by atoms with Crippen LogP contribution in [0, 0.1) is 13.8 Å². The normalized spacial score (nSPS) is 10.6. The second-order valence-electron chi connectivity index (χ2n) is 4.33. The molecule has 1 aromatic heterocycles. The van der Waals surface area contributed by atoms with Crippen LogP contribution in [0.1, 0.15) is 22.5 Å². The lowest BCUT2D eigenvalue weighted by atomic mass is 10.1. The van der Waals surface area contributed by atoms with Crippen molar-refractivity contribution in [1.29, 1.82) is 0 Å². The SMILES string of the molecule is Cc1cc(C)cc(Cc2noc(SCC(=O)O)n2)c1. The molecular weight excluding hydrogens is 264 g/mol. The van der Waals surface area contributed by atoms with E-state index in [1.807, 2.05) is 13.8 Å². The van der Waals surface area contributed by atoms with Crippen molar-refractivity contribution in [3.8, 4) is 0 Å². The van der Waals surface area contributed by atoms with Crippen LogP contribution in [-0.2, 0) is 11.2 Å². The molecule has 0 bridgehead atoms. The second-order valence-corrected chi connectivity index (χ2v) is 5.26. The van der Waals surface area contributed by atoms with E-state index in [4.69, 9.17) is 9.63 Å². The number of carbonyl (C=O) groups is 1. The van der Waals surface area contributed by atoms with Gasteiger partial charge in [-0.25, -0.2) is 0 Å². The molecule has 2 aromatic rings. The standard InChI is InChI=1S/C13H14N2O3S/c1-8-3-9(2)5-10(4-8)6-11-14-13(18-15-11)19-7-12(16)17/h3-5H,6-7H2,1-2H3,(H,16,17). The summed E-state index contributed by atoms with van der Waals surface area (Å²) in [6.07, 6.45) is 0.583. The highest BCUT2D eigenvalue weighted by Crippen LogP contribution is 2.17. The van der Waals surface area contributed by atoms with Gasteiger partial charge in [-0.2, -0.15) is 4.98 Å². The number of rotatable bonds is 5. The van der Waals surface area contributed by atoms with Crippen molar-refractivity contribution < 1.29 is 14.4 Å². The number of carboxylic acids is 1. The largest absolute Gasteiger partial charge is 0.481 e. The van der Waals surface area contributed by atoms with Gasteiger partial charge >= 0.3 is 5.97 Å². The highest BCUT2D eigenvalue weighted by molar-refractivity contribution is 7.99. The van der Waals surface area contributed by atoms with Crippen molar-refractivity contribution in [1.82, 2.24) is 10.1 Å². The third-order valence-electron chi connectivity index (χ3n) is 2.41. The Balaban J connectivity index is 2.05. The van der Waals surface area contributed by atoms with Gasteiger partial charge in [0, 0.05) is 6.42 Å². The first-order valence-electron chi connectivity index (χ1n) is 5.77. The molecule has 2 rings (SSSR count). The molecule has 0 saturated carbocycles. The summed E-state index contributed by atoms with van der Waals surface area (Å²) >= 11 is 1.03. The first-order valence-corrected chi connectivity index (χ1v) is 6.76. The van der Waals surface area contributed by atoms with Crippen LogP contribution in [0.3, 0.4) is 0 Å². The van der Waals surface area contributed by atoms with Gasteiger partial charge in [0.15, 0.2) is 5.82 Å². The van der Waals surface area contributed by atoms with Gasteiger partial charge in [0.2, 0.25) is 0 Å². The Kier molecular flexibility index (Phi) is 4.21. The van der Waals surface area contributed by atoms with Crippen molar-refractivity contribution in [2.75, 3.05) is 5.75 Å². The molecule has 1 heterocycles. The average Bonchev–Trinajstić information content (AvgIpc) is 2.72. The number of carboxylic acid groups (broad SMARTS) is 1. The van der Waals surface area contributed by atoms with Crippen molar-refractivity contribution in [2.24, 2.45) is 0 Å². The van der Waals surface area contributed by atoms with E-state index in [1.54, 1.807) is 0 Å². The van der Waals surface area contributed by atoms with Gasteiger partial charge in [0.05, 0.1) is 0 Å². The van der Waals surface area contributed by atoms with Crippen LogP contribution < -0.4 is 0 Å². The molecule has 0 radical (unpaired) electrons. The maximum absolute atomic E-state index is 10.4. The zero-order valence-electron chi connectivity index (χ0n) is 10.7. The van der Waals surface area contributed by atoms with Gasteiger partial charge in [-0.1, -0.05) is 46.2 Å². The summed E-state index contributed by atoms with van der Waals surface area (Å²) in [7, 11) is 0. The summed E-state index contributed by atoms with van der Waals surface area (Å²) in [5.74, 6) is -0.414. The Morgan fingerprint density at radius 1 is 1.32 bits per heavy atom. The van der Waals surface area contributed by atoms with E-state index in [-0.39, 0.29) is 5.75 Å². The number of nitrogens with zero attached hydrogens (tertiary/aromatic N) is 2. The van der Waals surface area contributed by atoms with Gasteiger partial charge < -0.3 is 9.63 Å². The van der Waals surface area contributed by atoms with E-state index >= 15 is 0 Å². The zero-order chi connectivity index (χ0) is 13.8. The highest BCUT2D eigenvalue weighted by atomic mass is 32.2. The topological polar surface area (TPSA) is 76.2 Å². The first kappa shape index (κ1) is 13.6. The molecule has 0 spiro atoms. The average molecular weight is 278 g/mol. The minimum atomic E-state index is -0.904. The maximum atomic E-state index is 10.4. The third-order valence-corrected chi connectivity index (χ3v) is 3.22. The molecule has 0 saturated heterocycles. The lowest BCUT2D eigenvalue weighted by Gasteiger charge is -2.01. The fourth-order valence-corrected chi connectivity index (χ4v) is 2.35. The lowest BCUT2D eigenvalue weighted by Crippen LogP contribution is -1.97. The zero-order valence-corrected chi connectivity index (χ0v) is 11.5. The minimum Gasteiger partial charge on any atom is -0.481 e. The van der Waals surface area contributed by atoms with Gasteiger partial charge in [0.1, 0.15) is 5.75 Å². The van der Waals surface area contributed by atoms with Crippen LogP contribution in [0.2, 0.25) is 0 Å². The Morgan fingerprint density at radius 3 is 2.63 bits per heavy atom. The molecule has 0 aliphatic heterocycles. The first-order chi connectivity index (χ1) is 9.02. The number of aliphatic carboxylic acids is 1. The molecule has 100 valence electrons. The van der Waals surface area contributed by atoms with Crippen LogP contribution in [0.15, 0.2) is 27.9 Å². The monoisotopic (exact) mass is 278 g/mol. The summed E-state index contributed by atoms with van der Waals surface area (Å²) in [6.45, 7) is 4.09.